The Kier molecular flexibility index (Phi) is 13.4. The van der Waals surface area contributed by atoms with Gasteiger partial charge in [0, 0.05) is 0 Å². The van der Waals surface area contributed by atoms with Gasteiger partial charge in [-0.25, -0.2) is 0 Å². The van der Waals surface area contributed by atoms with Gasteiger partial charge in [-0.2, -0.15) is 0 Å². The van der Waals surface area contributed by atoms with Crippen LogP contribution in [0.25, 0.3) is 0 Å². The van der Waals surface area contributed by atoms with Crippen molar-refractivity contribution in [1.29, 1.82) is 0 Å². The van der Waals surface area contributed by atoms with Crippen LogP contribution in [0.15, 0.2) is 0 Å². The molecule has 0 aromatic heterocycles. The summed E-state index contributed by atoms with van der Waals surface area (Å²) in [6.45, 7) is 6.44. The molecule has 1 fully saturated rings. The second kappa shape index (κ2) is 14.3. The maximum absolute atomic E-state index is 5.51. The van der Waals surface area contributed by atoms with Gasteiger partial charge in [0.15, 0.2) is 0 Å². The molecule has 18 heavy (non-hydrogen) atoms. The molecule has 1 heterocycles. The van der Waals surface area contributed by atoms with E-state index in [9.17, 15) is 0 Å². The summed E-state index contributed by atoms with van der Waals surface area (Å²) < 4.78 is 22.1. The minimum absolute atomic E-state index is 0.648. The molecule has 1 saturated heterocycles. The zero-order valence-electron chi connectivity index (χ0n) is 10.9. The summed E-state index contributed by atoms with van der Waals surface area (Å²) in [5, 5.41) is 4.71. The summed E-state index contributed by atoms with van der Waals surface area (Å²) in [7, 11) is 0. The van der Waals surface area contributed by atoms with E-state index >= 15 is 0 Å². The van der Waals surface area contributed by atoms with Gasteiger partial charge in [-0.3, -0.25) is 0 Å². The van der Waals surface area contributed by atoms with Gasteiger partial charge in [0.1, 0.15) is 0 Å². The predicted molar refractivity (Wildman–Crippen MR) is 74.0 cm³/mol. The van der Waals surface area contributed by atoms with Gasteiger partial charge in [0.05, 0.1) is 0 Å². The molecule has 0 N–H and O–H groups in total. The quantitative estimate of drug-likeness (QED) is 0.582. The number of rotatable bonds is 0. The average molecular weight is 390 g/mol. The maximum atomic E-state index is 5.51. The summed E-state index contributed by atoms with van der Waals surface area (Å²) in [6.07, 6.45) is 0. The van der Waals surface area contributed by atoms with Crippen LogP contribution in [-0.2, 0) is 18.9 Å². The zero-order chi connectivity index (χ0) is 12.7. The Balaban J connectivity index is 2.00. The van der Waals surface area contributed by atoms with E-state index < -0.39 is 0 Å². The van der Waals surface area contributed by atoms with Gasteiger partial charge in [-0.05, 0) is 0 Å². The molecule has 4 nitrogen and oxygen atoms in total. The monoisotopic (exact) mass is 392 g/mol. The molecule has 0 spiro atoms. The van der Waals surface area contributed by atoms with Crippen molar-refractivity contribution >= 4 is 29.9 Å². The zero-order valence-corrected chi connectivity index (χ0v) is 14.4. The van der Waals surface area contributed by atoms with Crippen molar-refractivity contribution in [2.45, 2.75) is 21.3 Å². The van der Waals surface area contributed by atoms with Gasteiger partial charge >= 0.3 is 123 Å². The summed E-state index contributed by atoms with van der Waals surface area (Å²) in [4.78, 5) is 0. The van der Waals surface area contributed by atoms with Gasteiger partial charge in [0.25, 0.3) is 0 Å². The van der Waals surface area contributed by atoms with Crippen molar-refractivity contribution in [1.82, 2.24) is 0 Å². The minimum atomic E-state index is 0.648. The first-order valence-corrected chi connectivity index (χ1v) is 11.3. The molecule has 0 aromatic rings. The number of hydrogen-bond donors (Lipinski definition) is 0. The molecule has 0 amide bonds. The predicted octanol–water partition coefficient (Wildman–Crippen LogP) is 1.15. The second-order valence-electron chi connectivity index (χ2n) is 3.67. The Bertz CT molecular complexity index is 97.1. The fourth-order valence-corrected chi connectivity index (χ4v) is 4.15. The van der Waals surface area contributed by atoms with Crippen molar-refractivity contribution in [3.05, 3.63) is 0 Å². The summed E-state index contributed by atoms with van der Waals surface area (Å²) >= 11 is 1.30. The molecule has 0 atom stereocenters. The van der Waals surface area contributed by atoms with E-state index in [1.165, 1.54) is 21.3 Å². The van der Waals surface area contributed by atoms with E-state index in [2.05, 4.69) is 0 Å². The van der Waals surface area contributed by atoms with Crippen LogP contribution in [0.4, 0.5) is 0 Å². The third kappa shape index (κ3) is 11.9. The van der Waals surface area contributed by atoms with E-state index in [-0.39, 0.29) is 0 Å². The van der Waals surface area contributed by atoms with Crippen LogP contribution >= 0.6 is 0 Å². The van der Waals surface area contributed by atoms with Crippen molar-refractivity contribution < 1.29 is 18.9 Å². The fraction of sp³-hybridized carbons (Fsp3) is 1.00. The average Bonchev–Trinajstić information content (AvgIpc) is 2.39. The van der Waals surface area contributed by atoms with Crippen molar-refractivity contribution in [2.24, 2.45) is 0 Å². The topological polar surface area (TPSA) is 36.9 Å². The Morgan fingerprint density at radius 3 is 0.944 bits per heavy atom. The molecule has 0 aromatic carbocycles. The van der Waals surface area contributed by atoms with Crippen LogP contribution in [0.2, 0.25) is 21.3 Å². The van der Waals surface area contributed by atoms with E-state index in [0.29, 0.717) is 29.9 Å². The first kappa shape index (κ1) is 16.9. The second-order valence-corrected chi connectivity index (χ2v) is 8.81. The molecular weight excluding hydrogens is 366 g/mol. The first-order valence-electron chi connectivity index (χ1n) is 6.46. The Morgan fingerprint density at radius 1 is 0.389 bits per heavy atom. The van der Waals surface area contributed by atoms with E-state index in [1.54, 1.807) is 0 Å². The van der Waals surface area contributed by atoms with Gasteiger partial charge < -0.3 is 0 Å². The number of hydrogen-bond acceptors (Lipinski definition) is 4. The summed E-state index contributed by atoms with van der Waals surface area (Å²) in [5.74, 6) is 0. The molecule has 0 radical (unpaired) electrons. The standard InChI is InChI=1S/C12H24O4Se2/c1-2-14-6-10-18-12-8-16-4-3-15-7-11-17-9-5-13-1/h1-12H2. The molecule has 1 aliphatic rings. The van der Waals surface area contributed by atoms with Crippen LogP contribution < -0.4 is 0 Å². The Hall–Kier alpha value is 0.879. The summed E-state index contributed by atoms with van der Waals surface area (Å²) in [5.41, 5.74) is 0. The molecule has 6 heteroatoms. The third-order valence-corrected chi connectivity index (χ3v) is 6.05. The van der Waals surface area contributed by atoms with Crippen molar-refractivity contribution in [3.8, 4) is 0 Å². The Labute approximate surface area is 123 Å². The molecule has 0 aliphatic carbocycles. The van der Waals surface area contributed by atoms with Crippen LogP contribution in [0, 0.1) is 0 Å². The normalized spacial score (nSPS) is 24.0. The van der Waals surface area contributed by atoms with E-state index in [4.69, 9.17) is 18.9 Å². The fourth-order valence-electron chi connectivity index (χ4n) is 1.32. The molecule has 0 unspecified atom stereocenters. The van der Waals surface area contributed by atoms with Crippen LogP contribution in [-0.4, -0.2) is 82.8 Å². The Morgan fingerprint density at radius 2 is 0.667 bits per heavy atom. The first-order chi connectivity index (χ1) is 9.00. The van der Waals surface area contributed by atoms with Crippen molar-refractivity contribution in [3.63, 3.8) is 0 Å². The molecule has 108 valence electrons. The molecular formula is C12H24O4Se2. The molecule has 0 bridgehead atoms. The third-order valence-electron chi connectivity index (χ3n) is 2.23. The van der Waals surface area contributed by atoms with E-state index in [0.717, 1.165) is 52.9 Å². The van der Waals surface area contributed by atoms with Crippen LogP contribution in [0.5, 0.6) is 0 Å². The SMILES string of the molecule is C1COCC[Se]CCOCCOCC[Se]CCO1. The molecule has 1 rings (SSSR count). The molecule has 1 aliphatic heterocycles. The molecule has 0 saturated carbocycles. The van der Waals surface area contributed by atoms with E-state index in [1.807, 2.05) is 0 Å². The number of ether oxygens (including phenoxy) is 4. The van der Waals surface area contributed by atoms with Crippen LogP contribution in [0.3, 0.4) is 0 Å². The van der Waals surface area contributed by atoms with Gasteiger partial charge in [0.2, 0.25) is 0 Å². The van der Waals surface area contributed by atoms with Gasteiger partial charge in [-0.1, -0.05) is 0 Å². The van der Waals surface area contributed by atoms with Crippen molar-refractivity contribution in [2.75, 3.05) is 52.9 Å². The van der Waals surface area contributed by atoms with Gasteiger partial charge in [-0.15, -0.1) is 0 Å². The summed E-state index contributed by atoms with van der Waals surface area (Å²) in [6, 6.07) is 0. The van der Waals surface area contributed by atoms with Crippen LogP contribution in [0.1, 0.15) is 0 Å².